The van der Waals surface area contributed by atoms with E-state index in [1.54, 1.807) is 0 Å². The molecule has 1 nitrogen and oxygen atoms in total. The minimum atomic E-state index is 0.0565. The maximum Gasteiger partial charge on any atom is 0.139 e. The van der Waals surface area contributed by atoms with E-state index in [1.165, 1.54) is 51.4 Å². The van der Waals surface area contributed by atoms with Gasteiger partial charge in [0.25, 0.3) is 0 Å². The standard InChI is InChI=1S/C22H36O.C2H6/c1-14(2)22-12-10-16-17(19(22)6-5-15(3)13-22)9-11-21(4)18(16)7-8-20(21)23;1-2/h14-19H,5-13H2,1-4H3;1-2H3. The molecule has 0 radical (unpaired) electrons. The van der Waals surface area contributed by atoms with Gasteiger partial charge in [0.2, 0.25) is 0 Å². The minimum absolute atomic E-state index is 0.0565. The Kier molecular flexibility index (Phi) is 5.45. The molecule has 0 saturated heterocycles. The van der Waals surface area contributed by atoms with Crippen LogP contribution in [0, 0.1) is 46.3 Å². The van der Waals surface area contributed by atoms with Gasteiger partial charge in [-0.05, 0) is 85.9 Å². The summed E-state index contributed by atoms with van der Waals surface area (Å²) in [6, 6.07) is 0. The molecule has 0 aromatic rings. The lowest BCUT2D eigenvalue weighted by molar-refractivity contribution is -0.142. The highest BCUT2D eigenvalue weighted by molar-refractivity contribution is 5.87. The SMILES string of the molecule is CC.CC1CCC2C3CCC4(C)C(=O)CCC4C3CCC2(C(C)C)C1. The number of hydrogen-bond donors (Lipinski definition) is 0. The van der Waals surface area contributed by atoms with Crippen molar-refractivity contribution < 1.29 is 4.79 Å². The zero-order valence-electron chi connectivity index (χ0n) is 17.7. The fraction of sp³-hybridized carbons (Fsp3) is 0.958. The summed E-state index contributed by atoms with van der Waals surface area (Å²) in [5, 5.41) is 0. The van der Waals surface area contributed by atoms with Crippen LogP contribution in [0.2, 0.25) is 0 Å². The predicted molar refractivity (Wildman–Crippen MR) is 106 cm³/mol. The van der Waals surface area contributed by atoms with Crippen LogP contribution in [-0.4, -0.2) is 5.78 Å². The van der Waals surface area contributed by atoms with Gasteiger partial charge in [-0.2, -0.15) is 0 Å². The molecular weight excluding hydrogens is 304 g/mol. The molecule has 0 aliphatic heterocycles. The zero-order chi connectivity index (χ0) is 18.4. The second-order valence-corrected chi connectivity index (χ2v) is 10.3. The number of Topliss-reactive ketones (excluding diaryl/α,β-unsaturated/α-hetero) is 1. The molecule has 0 N–H and O–H groups in total. The third-order valence-corrected chi connectivity index (χ3v) is 9.25. The van der Waals surface area contributed by atoms with Gasteiger partial charge >= 0.3 is 0 Å². The molecule has 4 fully saturated rings. The lowest BCUT2D eigenvalue weighted by Crippen LogP contribution is -2.54. The van der Waals surface area contributed by atoms with Crippen LogP contribution in [0.5, 0.6) is 0 Å². The second-order valence-electron chi connectivity index (χ2n) is 10.3. The largest absolute Gasteiger partial charge is 0.299 e. The molecule has 4 aliphatic rings. The van der Waals surface area contributed by atoms with Crippen molar-refractivity contribution in [2.45, 2.75) is 99.3 Å². The first-order chi connectivity index (χ1) is 11.9. The number of hydrogen-bond acceptors (Lipinski definition) is 1. The fourth-order valence-electron chi connectivity index (χ4n) is 7.97. The van der Waals surface area contributed by atoms with Crippen LogP contribution < -0.4 is 0 Å². The molecule has 144 valence electrons. The van der Waals surface area contributed by atoms with E-state index in [9.17, 15) is 4.79 Å². The Morgan fingerprint density at radius 3 is 2.24 bits per heavy atom. The van der Waals surface area contributed by atoms with Gasteiger partial charge in [-0.1, -0.05) is 48.0 Å². The van der Waals surface area contributed by atoms with Gasteiger partial charge in [0.15, 0.2) is 0 Å². The van der Waals surface area contributed by atoms with E-state index in [0.717, 1.165) is 41.9 Å². The first-order valence-corrected chi connectivity index (χ1v) is 11.4. The van der Waals surface area contributed by atoms with Crippen LogP contribution in [0.3, 0.4) is 0 Å². The van der Waals surface area contributed by atoms with Crippen LogP contribution in [0.25, 0.3) is 0 Å². The first kappa shape index (κ1) is 19.4. The summed E-state index contributed by atoms with van der Waals surface area (Å²) in [6.45, 7) is 13.8. The second kappa shape index (κ2) is 7.01. The molecule has 4 aliphatic carbocycles. The lowest BCUT2D eigenvalue weighted by Gasteiger charge is -2.61. The van der Waals surface area contributed by atoms with Gasteiger partial charge in [0.1, 0.15) is 5.78 Å². The number of rotatable bonds is 1. The Morgan fingerprint density at radius 1 is 0.920 bits per heavy atom. The van der Waals surface area contributed by atoms with Crippen LogP contribution >= 0.6 is 0 Å². The minimum Gasteiger partial charge on any atom is -0.299 e. The summed E-state index contributed by atoms with van der Waals surface area (Å²) < 4.78 is 0. The monoisotopic (exact) mass is 346 g/mol. The summed E-state index contributed by atoms with van der Waals surface area (Å²) in [7, 11) is 0. The Hall–Kier alpha value is -0.330. The van der Waals surface area contributed by atoms with Gasteiger partial charge in [-0.25, -0.2) is 0 Å². The van der Waals surface area contributed by atoms with Crippen LogP contribution in [0.1, 0.15) is 99.3 Å². The van der Waals surface area contributed by atoms with Crippen molar-refractivity contribution in [1.29, 1.82) is 0 Å². The third kappa shape index (κ3) is 2.83. The van der Waals surface area contributed by atoms with E-state index in [-0.39, 0.29) is 5.41 Å². The quantitative estimate of drug-likeness (QED) is 0.505. The summed E-state index contributed by atoms with van der Waals surface area (Å²) in [4.78, 5) is 12.5. The number of ketones is 1. The van der Waals surface area contributed by atoms with Crippen molar-refractivity contribution in [2.24, 2.45) is 46.3 Å². The van der Waals surface area contributed by atoms with Gasteiger partial charge in [0, 0.05) is 11.8 Å². The molecule has 7 unspecified atom stereocenters. The normalized spacial score (nSPS) is 48.9. The average Bonchev–Trinajstić information content (AvgIpc) is 2.91. The van der Waals surface area contributed by atoms with Crippen LogP contribution in [0.4, 0.5) is 0 Å². The van der Waals surface area contributed by atoms with Gasteiger partial charge < -0.3 is 0 Å². The number of carbonyl (C=O) groups is 1. The topological polar surface area (TPSA) is 17.1 Å². The summed E-state index contributed by atoms with van der Waals surface area (Å²) >= 11 is 0. The molecule has 25 heavy (non-hydrogen) atoms. The van der Waals surface area contributed by atoms with E-state index in [4.69, 9.17) is 0 Å². The molecule has 0 aromatic heterocycles. The van der Waals surface area contributed by atoms with Crippen molar-refractivity contribution >= 4 is 5.78 Å². The summed E-state index contributed by atoms with van der Waals surface area (Å²) in [5.74, 6) is 5.82. The molecule has 4 saturated carbocycles. The van der Waals surface area contributed by atoms with E-state index in [0.29, 0.717) is 11.2 Å². The molecule has 4 rings (SSSR count). The first-order valence-electron chi connectivity index (χ1n) is 11.4. The molecule has 0 amide bonds. The Morgan fingerprint density at radius 2 is 1.56 bits per heavy atom. The van der Waals surface area contributed by atoms with E-state index >= 15 is 0 Å². The predicted octanol–water partition coefficient (Wildman–Crippen LogP) is 6.90. The third-order valence-electron chi connectivity index (χ3n) is 9.25. The van der Waals surface area contributed by atoms with Crippen molar-refractivity contribution in [3.8, 4) is 0 Å². The highest BCUT2D eigenvalue weighted by Crippen LogP contribution is 2.66. The summed E-state index contributed by atoms with van der Waals surface area (Å²) in [5.41, 5.74) is 0.677. The van der Waals surface area contributed by atoms with Crippen molar-refractivity contribution in [3.05, 3.63) is 0 Å². The Labute approximate surface area is 156 Å². The van der Waals surface area contributed by atoms with Crippen LogP contribution in [0.15, 0.2) is 0 Å². The van der Waals surface area contributed by atoms with Crippen molar-refractivity contribution in [3.63, 3.8) is 0 Å². The molecule has 0 spiro atoms. The molecule has 0 bridgehead atoms. The highest BCUT2D eigenvalue weighted by Gasteiger charge is 2.60. The lowest BCUT2D eigenvalue weighted by atomic mass is 9.43. The zero-order valence-corrected chi connectivity index (χ0v) is 17.7. The van der Waals surface area contributed by atoms with Crippen LogP contribution in [-0.2, 0) is 4.79 Å². The van der Waals surface area contributed by atoms with Gasteiger partial charge in [-0.3, -0.25) is 4.79 Å². The highest BCUT2D eigenvalue weighted by atomic mass is 16.1. The van der Waals surface area contributed by atoms with Gasteiger partial charge in [0.05, 0.1) is 0 Å². The number of fused-ring (bicyclic) bond motifs is 5. The van der Waals surface area contributed by atoms with Crippen molar-refractivity contribution in [1.82, 2.24) is 0 Å². The Bertz CT molecular complexity index is 494. The van der Waals surface area contributed by atoms with E-state index in [1.807, 2.05) is 13.8 Å². The van der Waals surface area contributed by atoms with Gasteiger partial charge in [-0.15, -0.1) is 0 Å². The molecule has 0 aromatic carbocycles. The number of carbonyl (C=O) groups excluding carboxylic acids is 1. The molecular formula is C24H42O. The molecule has 7 atom stereocenters. The maximum atomic E-state index is 12.5. The smallest absolute Gasteiger partial charge is 0.139 e. The maximum absolute atomic E-state index is 12.5. The molecule has 0 heterocycles. The van der Waals surface area contributed by atoms with E-state index in [2.05, 4.69) is 27.7 Å². The Balaban J connectivity index is 0.000000880. The summed E-state index contributed by atoms with van der Waals surface area (Å²) in [6.07, 6.45) is 11.9. The fourth-order valence-corrected chi connectivity index (χ4v) is 7.97. The van der Waals surface area contributed by atoms with Crippen molar-refractivity contribution in [2.75, 3.05) is 0 Å². The van der Waals surface area contributed by atoms with E-state index < -0.39 is 0 Å². The average molecular weight is 347 g/mol. The molecule has 1 heteroatoms.